The number of nitrogens with one attached hydrogen (secondary N) is 3. The first-order valence-corrected chi connectivity index (χ1v) is 8.97. The maximum absolute atomic E-state index is 11.1. The molecule has 7 heteroatoms. The zero-order valence-electron chi connectivity index (χ0n) is 15.9. The molecule has 1 aromatic heterocycles. The van der Waals surface area contributed by atoms with E-state index in [2.05, 4.69) is 32.0 Å². The molecule has 3 aromatic rings. The summed E-state index contributed by atoms with van der Waals surface area (Å²) in [5.74, 6) is 2.02. The van der Waals surface area contributed by atoms with Gasteiger partial charge in [-0.2, -0.15) is 4.98 Å². The van der Waals surface area contributed by atoms with Crippen LogP contribution in [0.4, 0.5) is 23.1 Å². The molecule has 0 radical (unpaired) electrons. The molecule has 0 fully saturated rings. The smallest absolute Gasteiger partial charge is 0.229 e. The molecule has 1 amide bonds. The number of anilines is 4. The van der Waals surface area contributed by atoms with E-state index in [0.717, 1.165) is 41.5 Å². The fourth-order valence-electron chi connectivity index (χ4n) is 2.72. The van der Waals surface area contributed by atoms with Gasteiger partial charge in [-0.25, -0.2) is 4.98 Å². The summed E-state index contributed by atoms with van der Waals surface area (Å²) in [5, 5.41) is 9.20. The molecule has 2 aromatic carbocycles. The summed E-state index contributed by atoms with van der Waals surface area (Å²) in [6, 6.07) is 17.2. The fraction of sp³-hybridized carbons (Fsp3) is 0.190. The van der Waals surface area contributed by atoms with Crippen molar-refractivity contribution in [3.05, 3.63) is 66.4 Å². The standard InChI is InChI=1S/C21H23N5O2/c1-15(27)24-17-7-9-18(10-8-17)25-21-23-14-12-20(26-21)22-13-11-16-5-3-4-6-19(16)28-2/h3-10,12,14H,11,13H2,1-2H3,(H,24,27)(H2,22,23,25,26). The lowest BCUT2D eigenvalue weighted by Crippen LogP contribution is -2.08. The number of ether oxygens (including phenoxy) is 1. The third-order valence-electron chi connectivity index (χ3n) is 4.01. The van der Waals surface area contributed by atoms with Crippen molar-refractivity contribution < 1.29 is 9.53 Å². The number of carbonyl (C=O) groups is 1. The quantitative estimate of drug-likeness (QED) is 0.553. The maximum Gasteiger partial charge on any atom is 0.229 e. The molecule has 7 nitrogen and oxygen atoms in total. The van der Waals surface area contributed by atoms with Crippen molar-refractivity contribution >= 4 is 29.0 Å². The molecule has 28 heavy (non-hydrogen) atoms. The highest BCUT2D eigenvalue weighted by atomic mass is 16.5. The number of amides is 1. The Labute approximate surface area is 164 Å². The summed E-state index contributed by atoms with van der Waals surface area (Å²) >= 11 is 0. The van der Waals surface area contributed by atoms with Crippen LogP contribution in [0.25, 0.3) is 0 Å². The van der Waals surface area contributed by atoms with E-state index in [1.165, 1.54) is 6.92 Å². The summed E-state index contributed by atoms with van der Waals surface area (Å²) in [5.41, 5.74) is 2.72. The fourth-order valence-corrected chi connectivity index (χ4v) is 2.72. The van der Waals surface area contributed by atoms with Crippen LogP contribution in [0, 0.1) is 0 Å². The van der Waals surface area contributed by atoms with E-state index in [4.69, 9.17) is 4.74 Å². The van der Waals surface area contributed by atoms with Crippen molar-refractivity contribution in [2.24, 2.45) is 0 Å². The lowest BCUT2D eigenvalue weighted by molar-refractivity contribution is -0.114. The Morgan fingerprint density at radius 2 is 1.79 bits per heavy atom. The van der Waals surface area contributed by atoms with Crippen LogP contribution in [0.1, 0.15) is 12.5 Å². The molecule has 0 bridgehead atoms. The third kappa shape index (κ3) is 5.44. The normalized spacial score (nSPS) is 10.2. The van der Waals surface area contributed by atoms with E-state index in [0.29, 0.717) is 5.95 Å². The van der Waals surface area contributed by atoms with Crippen LogP contribution in [0.2, 0.25) is 0 Å². The minimum absolute atomic E-state index is 0.101. The van der Waals surface area contributed by atoms with Gasteiger partial charge in [0.1, 0.15) is 11.6 Å². The van der Waals surface area contributed by atoms with Gasteiger partial charge in [-0.05, 0) is 48.4 Å². The second-order valence-electron chi connectivity index (χ2n) is 6.14. The first kappa shape index (κ1) is 19.2. The van der Waals surface area contributed by atoms with E-state index < -0.39 is 0 Å². The Balaban J connectivity index is 1.57. The highest BCUT2D eigenvalue weighted by molar-refractivity contribution is 5.88. The molecule has 0 aliphatic heterocycles. The van der Waals surface area contributed by atoms with Gasteiger partial charge < -0.3 is 20.7 Å². The Bertz CT molecular complexity index is 928. The van der Waals surface area contributed by atoms with Crippen molar-refractivity contribution in [2.75, 3.05) is 29.6 Å². The summed E-state index contributed by atoms with van der Waals surface area (Å²) in [6.45, 7) is 2.20. The van der Waals surface area contributed by atoms with Gasteiger partial charge >= 0.3 is 0 Å². The summed E-state index contributed by atoms with van der Waals surface area (Å²) in [6.07, 6.45) is 2.52. The molecule has 0 aliphatic carbocycles. The molecule has 0 atom stereocenters. The van der Waals surface area contributed by atoms with Gasteiger partial charge in [0.2, 0.25) is 11.9 Å². The summed E-state index contributed by atoms with van der Waals surface area (Å²) in [7, 11) is 1.68. The van der Waals surface area contributed by atoms with Crippen molar-refractivity contribution in [3.63, 3.8) is 0 Å². The zero-order chi connectivity index (χ0) is 19.8. The van der Waals surface area contributed by atoms with E-state index in [-0.39, 0.29) is 5.91 Å². The molecule has 0 unspecified atom stereocenters. The summed E-state index contributed by atoms with van der Waals surface area (Å²) < 4.78 is 5.38. The largest absolute Gasteiger partial charge is 0.496 e. The SMILES string of the molecule is COc1ccccc1CCNc1ccnc(Nc2ccc(NC(C)=O)cc2)n1. The van der Waals surface area contributed by atoms with Crippen LogP contribution in [0.3, 0.4) is 0 Å². The Kier molecular flexibility index (Phi) is 6.41. The van der Waals surface area contributed by atoms with Crippen molar-refractivity contribution in [1.82, 2.24) is 9.97 Å². The van der Waals surface area contributed by atoms with Crippen LogP contribution < -0.4 is 20.7 Å². The Morgan fingerprint density at radius 1 is 1.04 bits per heavy atom. The van der Waals surface area contributed by atoms with Crippen molar-refractivity contribution in [1.29, 1.82) is 0 Å². The minimum atomic E-state index is -0.101. The van der Waals surface area contributed by atoms with E-state index in [1.54, 1.807) is 13.3 Å². The number of nitrogens with zero attached hydrogens (tertiary/aromatic N) is 2. The molecule has 144 valence electrons. The van der Waals surface area contributed by atoms with Crippen molar-refractivity contribution in [3.8, 4) is 5.75 Å². The molecule has 0 aliphatic rings. The van der Waals surface area contributed by atoms with Gasteiger partial charge in [0.15, 0.2) is 0 Å². The highest BCUT2D eigenvalue weighted by Crippen LogP contribution is 2.19. The second kappa shape index (κ2) is 9.36. The van der Waals surface area contributed by atoms with Gasteiger partial charge in [-0.15, -0.1) is 0 Å². The van der Waals surface area contributed by atoms with Crippen LogP contribution in [0.5, 0.6) is 5.75 Å². The first-order valence-electron chi connectivity index (χ1n) is 8.97. The monoisotopic (exact) mass is 377 g/mol. The molecule has 1 heterocycles. The van der Waals surface area contributed by atoms with E-state index >= 15 is 0 Å². The van der Waals surface area contributed by atoms with E-state index in [1.807, 2.05) is 48.5 Å². The Morgan fingerprint density at radius 3 is 2.54 bits per heavy atom. The number of methoxy groups -OCH3 is 1. The van der Waals surface area contributed by atoms with Gasteiger partial charge in [-0.3, -0.25) is 4.79 Å². The number of aromatic nitrogens is 2. The average molecular weight is 377 g/mol. The number of hydrogen-bond donors (Lipinski definition) is 3. The van der Waals surface area contributed by atoms with Crippen LogP contribution in [0.15, 0.2) is 60.8 Å². The molecule has 3 rings (SSSR count). The third-order valence-corrected chi connectivity index (χ3v) is 4.01. The Hall–Kier alpha value is -3.61. The first-order chi connectivity index (χ1) is 13.6. The number of para-hydroxylation sites is 1. The van der Waals surface area contributed by atoms with Gasteiger partial charge in [0.05, 0.1) is 7.11 Å². The van der Waals surface area contributed by atoms with Crippen LogP contribution >= 0.6 is 0 Å². The lowest BCUT2D eigenvalue weighted by Gasteiger charge is -2.10. The molecule has 0 spiro atoms. The molecule has 0 saturated carbocycles. The molecule has 0 saturated heterocycles. The van der Waals surface area contributed by atoms with Crippen molar-refractivity contribution in [2.45, 2.75) is 13.3 Å². The van der Waals surface area contributed by atoms with E-state index in [9.17, 15) is 4.79 Å². The number of carbonyl (C=O) groups excluding carboxylic acids is 1. The minimum Gasteiger partial charge on any atom is -0.496 e. The van der Waals surface area contributed by atoms with Crippen LogP contribution in [-0.2, 0) is 11.2 Å². The summed E-state index contributed by atoms with van der Waals surface area (Å²) in [4.78, 5) is 19.8. The average Bonchev–Trinajstić information content (AvgIpc) is 2.70. The molecular weight excluding hydrogens is 354 g/mol. The van der Waals surface area contributed by atoms with Gasteiger partial charge in [0, 0.05) is 31.0 Å². The zero-order valence-corrected chi connectivity index (χ0v) is 15.9. The number of rotatable bonds is 8. The molecular formula is C21H23N5O2. The predicted molar refractivity (Wildman–Crippen MR) is 111 cm³/mol. The highest BCUT2D eigenvalue weighted by Gasteiger charge is 2.04. The van der Waals surface area contributed by atoms with Gasteiger partial charge in [0.25, 0.3) is 0 Å². The second-order valence-corrected chi connectivity index (χ2v) is 6.14. The predicted octanol–water partition coefficient (Wildman–Crippen LogP) is 3.84. The van der Waals surface area contributed by atoms with Crippen LogP contribution in [-0.4, -0.2) is 29.5 Å². The topological polar surface area (TPSA) is 88.2 Å². The maximum atomic E-state index is 11.1. The lowest BCUT2D eigenvalue weighted by atomic mass is 10.1. The number of hydrogen-bond acceptors (Lipinski definition) is 6. The molecule has 3 N–H and O–H groups in total. The number of benzene rings is 2. The van der Waals surface area contributed by atoms with Gasteiger partial charge in [-0.1, -0.05) is 18.2 Å².